The predicted molar refractivity (Wildman–Crippen MR) is 137 cm³/mol. The smallest absolute Gasteiger partial charge is 0.227 e. The summed E-state index contributed by atoms with van der Waals surface area (Å²) in [6.45, 7) is 0. The predicted octanol–water partition coefficient (Wildman–Crippen LogP) is 8.08. The van der Waals surface area contributed by atoms with Crippen LogP contribution in [0.2, 0.25) is 0 Å². The molecule has 3 aromatic heterocycles. The number of hydrogen-bond acceptors (Lipinski definition) is 3. The number of rotatable bonds is 4. The number of fused-ring (bicyclic) bond motifs is 6. The van der Waals surface area contributed by atoms with Crippen molar-refractivity contribution >= 4 is 22.1 Å². The molecule has 2 aromatic carbocycles. The Morgan fingerprint density at radius 2 is 1.65 bits per heavy atom. The highest BCUT2D eigenvalue weighted by atomic mass is 16.3. The van der Waals surface area contributed by atoms with Gasteiger partial charge in [-0.3, -0.25) is 4.98 Å². The summed E-state index contributed by atoms with van der Waals surface area (Å²) >= 11 is 0. The Kier molecular flexibility index (Phi) is 4.75. The van der Waals surface area contributed by atoms with Gasteiger partial charge < -0.3 is 4.42 Å². The van der Waals surface area contributed by atoms with Crippen LogP contribution in [-0.4, -0.2) is 9.97 Å². The summed E-state index contributed by atoms with van der Waals surface area (Å²) in [5.74, 6) is 2.76. The molecule has 3 aliphatic rings. The fraction of sp³-hybridized carbons (Fsp3) is 0.290. The van der Waals surface area contributed by atoms with E-state index in [1.54, 1.807) is 0 Å². The molecule has 0 aliphatic heterocycles. The molecule has 0 spiro atoms. The second-order valence-corrected chi connectivity index (χ2v) is 10.3. The molecule has 34 heavy (non-hydrogen) atoms. The van der Waals surface area contributed by atoms with Gasteiger partial charge in [0.05, 0.1) is 11.4 Å². The Bertz CT molecular complexity index is 1480. The van der Waals surface area contributed by atoms with Gasteiger partial charge in [0, 0.05) is 28.1 Å². The van der Waals surface area contributed by atoms with Crippen molar-refractivity contribution in [3.63, 3.8) is 0 Å². The number of nitrogens with zero attached hydrogens (tertiary/aromatic N) is 2. The van der Waals surface area contributed by atoms with Gasteiger partial charge in [-0.25, -0.2) is 4.98 Å². The van der Waals surface area contributed by atoms with Crippen molar-refractivity contribution in [3.05, 3.63) is 84.6 Å². The first kappa shape index (κ1) is 20.0. The van der Waals surface area contributed by atoms with E-state index < -0.39 is 0 Å². The first-order valence-electron chi connectivity index (χ1n) is 12.6. The lowest BCUT2D eigenvalue weighted by atomic mass is 9.63. The molecule has 3 heterocycles. The molecule has 8 rings (SSSR count). The highest BCUT2D eigenvalue weighted by molar-refractivity contribution is 6.05. The second-order valence-electron chi connectivity index (χ2n) is 10.3. The minimum atomic E-state index is 0.683. The van der Waals surface area contributed by atoms with Gasteiger partial charge in [-0.15, -0.1) is 0 Å². The Labute approximate surface area is 199 Å². The fourth-order valence-electron chi connectivity index (χ4n) is 6.41. The molecule has 0 amide bonds. The van der Waals surface area contributed by atoms with Crippen LogP contribution in [0.5, 0.6) is 0 Å². The Hall–Kier alpha value is -3.46. The zero-order chi connectivity index (χ0) is 22.5. The summed E-state index contributed by atoms with van der Waals surface area (Å²) in [7, 11) is 0. The van der Waals surface area contributed by atoms with Gasteiger partial charge in [-0.05, 0) is 91.5 Å². The number of furan rings is 1. The van der Waals surface area contributed by atoms with Crippen molar-refractivity contribution in [1.29, 1.82) is 0 Å². The van der Waals surface area contributed by atoms with Gasteiger partial charge in [0.2, 0.25) is 5.71 Å². The molecule has 3 heteroatoms. The maximum Gasteiger partial charge on any atom is 0.227 e. The van der Waals surface area contributed by atoms with E-state index in [2.05, 4.69) is 54.6 Å². The first-order chi connectivity index (χ1) is 16.8. The zero-order valence-electron chi connectivity index (χ0n) is 19.3. The molecule has 5 aromatic rings. The normalized spacial score (nSPS) is 21.9. The van der Waals surface area contributed by atoms with E-state index in [-0.39, 0.29) is 0 Å². The fourth-order valence-corrected chi connectivity index (χ4v) is 6.41. The second kappa shape index (κ2) is 8.09. The van der Waals surface area contributed by atoms with E-state index in [1.165, 1.54) is 44.1 Å². The van der Waals surface area contributed by atoms with Gasteiger partial charge in [-0.2, -0.15) is 0 Å². The number of hydrogen-bond donors (Lipinski definition) is 0. The Morgan fingerprint density at radius 3 is 2.47 bits per heavy atom. The van der Waals surface area contributed by atoms with Gasteiger partial charge in [-0.1, -0.05) is 43.2 Å². The van der Waals surface area contributed by atoms with Crippen molar-refractivity contribution in [3.8, 4) is 22.5 Å². The average molecular weight is 445 g/mol. The molecule has 0 N–H and O–H groups in total. The maximum absolute atomic E-state index is 6.13. The Morgan fingerprint density at radius 1 is 0.765 bits per heavy atom. The van der Waals surface area contributed by atoms with Crippen molar-refractivity contribution in [2.45, 2.75) is 38.5 Å². The Balaban J connectivity index is 1.21. The number of aromatic nitrogens is 2. The van der Waals surface area contributed by atoms with Crippen LogP contribution < -0.4 is 0 Å². The molecular weight excluding hydrogens is 416 g/mol. The minimum absolute atomic E-state index is 0.683. The maximum atomic E-state index is 6.13. The molecule has 3 nitrogen and oxygen atoms in total. The third-order valence-electron chi connectivity index (χ3n) is 8.22. The summed E-state index contributed by atoms with van der Waals surface area (Å²) in [4.78, 5) is 9.53. The van der Waals surface area contributed by atoms with E-state index in [9.17, 15) is 0 Å². The first-order valence-corrected chi connectivity index (χ1v) is 12.6. The quantitative estimate of drug-likeness (QED) is 0.281. The van der Waals surface area contributed by atoms with Gasteiger partial charge in [0.1, 0.15) is 5.58 Å². The van der Waals surface area contributed by atoms with Gasteiger partial charge >= 0.3 is 0 Å². The van der Waals surface area contributed by atoms with E-state index in [1.807, 2.05) is 24.4 Å². The summed E-state index contributed by atoms with van der Waals surface area (Å²) in [6.07, 6.45) is 10.4. The van der Waals surface area contributed by atoms with Crippen LogP contribution >= 0.6 is 0 Å². The van der Waals surface area contributed by atoms with Gasteiger partial charge in [0.25, 0.3) is 0 Å². The zero-order valence-corrected chi connectivity index (χ0v) is 19.3. The van der Waals surface area contributed by atoms with Crippen LogP contribution in [-0.2, 0) is 6.42 Å². The molecule has 0 radical (unpaired) electrons. The van der Waals surface area contributed by atoms with Crippen molar-refractivity contribution in [2.24, 2.45) is 17.8 Å². The van der Waals surface area contributed by atoms with E-state index in [4.69, 9.17) is 14.4 Å². The molecule has 3 fully saturated rings. The molecule has 2 bridgehead atoms. The SMILES string of the molecule is c1ccc(-c2ccc3c(n2)oc2ccc(-c4cc(CC5CC6CCC5CC6)ccn4)cc23)cc1. The summed E-state index contributed by atoms with van der Waals surface area (Å²) in [5.41, 5.74) is 7.18. The average Bonchev–Trinajstić information content (AvgIpc) is 3.27. The number of benzene rings is 2. The van der Waals surface area contributed by atoms with Crippen LogP contribution in [0.25, 0.3) is 44.6 Å². The van der Waals surface area contributed by atoms with Crippen molar-refractivity contribution in [1.82, 2.24) is 9.97 Å². The van der Waals surface area contributed by atoms with E-state index in [0.717, 1.165) is 56.6 Å². The summed E-state index contributed by atoms with van der Waals surface area (Å²) < 4.78 is 6.13. The van der Waals surface area contributed by atoms with Crippen LogP contribution in [0.4, 0.5) is 0 Å². The van der Waals surface area contributed by atoms with E-state index in [0.29, 0.717) is 5.71 Å². The topological polar surface area (TPSA) is 38.9 Å². The third-order valence-corrected chi connectivity index (χ3v) is 8.22. The lowest BCUT2D eigenvalue weighted by Crippen LogP contribution is -2.32. The lowest BCUT2D eigenvalue weighted by molar-refractivity contribution is 0.0991. The van der Waals surface area contributed by atoms with Crippen LogP contribution in [0, 0.1) is 17.8 Å². The summed E-state index contributed by atoms with van der Waals surface area (Å²) in [5, 5.41) is 2.14. The molecule has 3 aliphatic carbocycles. The van der Waals surface area contributed by atoms with Crippen molar-refractivity contribution < 1.29 is 4.42 Å². The van der Waals surface area contributed by atoms with Crippen molar-refractivity contribution in [2.75, 3.05) is 0 Å². The standard InChI is InChI=1S/C31H28N2O/c1-2-4-23(5-3-1)28-12-11-26-27-19-24(10-13-30(27)34-31(26)33-28)29-18-21(14-15-32-29)17-25-16-20-6-8-22(25)9-7-20/h1-5,10-15,18-20,22,25H,6-9,16-17H2. The lowest BCUT2D eigenvalue weighted by Gasteiger charge is -2.42. The number of pyridine rings is 2. The van der Waals surface area contributed by atoms with Crippen LogP contribution in [0.15, 0.2) is 83.4 Å². The van der Waals surface area contributed by atoms with Gasteiger partial charge in [0.15, 0.2) is 0 Å². The highest BCUT2D eigenvalue weighted by Gasteiger charge is 2.35. The highest BCUT2D eigenvalue weighted by Crippen LogP contribution is 2.46. The molecule has 3 saturated carbocycles. The molecule has 168 valence electrons. The molecular formula is C31H28N2O. The summed E-state index contributed by atoms with van der Waals surface area (Å²) in [6, 6.07) is 25.4. The molecule has 1 unspecified atom stereocenters. The monoisotopic (exact) mass is 444 g/mol. The van der Waals surface area contributed by atoms with Crippen LogP contribution in [0.1, 0.15) is 37.7 Å². The van der Waals surface area contributed by atoms with Crippen LogP contribution in [0.3, 0.4) is 0 Å². The van der Waals surface area contributed by atoms with E-state index >= 15 is 0 Å². The molecule has 1 atom stereocenters. The molecule has 0 saturated heterocycles. The third kappa shape index (κ3) is 3.51. The largest absolute Gasteiger partial charge is 0.438 e. The minimum Gasteiger partial charge on any atom is -0.438 e.